The van der Waals surface area contributed by atoms with Crippen LogP contribution in [0.3, 0.4) is 0 Å². The Bertz CT molecular complexity index is 1320. The summed E-state index contributed by atoms with van der Waals surface area (Å²) in [6, 6.07) is 18.2. The van der Waals surface area contributed by atoms with Gasteiger partial charge in [0.05, 0.1) is 25.2 Å². The molecule has 8 nitrogen and oxygen atoms in total. The minimum Gasteiger partial charge on any atom is -0.496 e. The van der Waals surface area contributed by atoms with E-state index in [9.17, 15) is 17.6 Å². The Hall–Kier alpha value is -3.47. The van der Waals surface area contributed by atoms with Crippen LogP contribution in [-0.2, 0) is 39.1 Å². The number of ether oxygens (including phenoxy) is 3. The molecule has 0 spiro atoms. The number of sulfonamides is 1. The Labute approximate surface area is 222 Å². The lowest BCUT2D eigenvalue weighted by molar-refractivity contribution is -0.121. The Kier molecular flexibility index (Phi) is 9.33. The average Bonchev–Trinajstić information content (AvgIpc) is 2.95. The summed E-state index contributed by atoms with van der Waals surface area (Å²) in [6.45, 7) is 2.04. The Morgan fingerprint density at radius 2 is 1.68 bits per heavy atom. The van der Waals surface area contributed by atoms with E-state index in [1.807, 2.05) is 24.3 Å². The number of aryl methyl sites for hydroxylation is 1. The van der Waals surface area contributed by atoms with Gasteiger partial charge in [0.25, 0.3) is 0 Å². The van der Waals surface area contributed by atoms with Crippen LogP contribution in [0.5, 0.6) is 11.5 Å². The molecular formula is C28H31FN2O6S. The van der Waals surface area contributed by atoms with Crippen molar-refractivity contribution in [1.82, 2.24) is 9.62 Å². The number of carbonyl (C=O) groups excluding carboxylic acids is 1. The second-order valence-corrected chi connectivity index (χ2v) is 10.8. The van der Waals surface area contributed by atoms with Crippen LogP contribution in [0.15, 0.2) is 71.6 Å². The molecule has 0 aliphatic carbocycles. The molecule has 0 atom stereocenters. The molecule has 4 rings (SSSR count). The number of amides is 1. The molecule has 202 valence electrons. The number of nitrogens with zero attached hydrogens (tertiary/aromatic N) is 1. The van der Waals surface area contributed by atoms with Gasteiger partial charge in [-0.15, -0.1) is 0 Å². The summed E-state index contributed by atoms with van der Waals surface area (Å²) in [6.07, 6.45) is 0.508. The number of nitrogens with one attached hydrogen (secondary N) is 1. The third-order valence-electron chi connectivity index (χ3n) is 6.21. The maximum absolute atomic E-state index is 13.0. The first kappa shape index (κ1) is 27.6. The molecule has 1 saturated heterocycles. The third kappa shape index (κ3) is 7.31. The predicted molar refractivity (Wildman–Crippen MR) is 140 cm³/mol. The van der Waals surface area contributed by atoms with Gasteiger partial charge >= 0.3 is 0 Å². The summed E-state index contributed by atoms with van der Waals surface area (Å²) in [5.74, 6) is 0.757. The summed E-state index contributed by atoms with van der Waals surface area (Å²) in [5, 5.41) is 2.89. The van der Waals surface area contributed by atoms with Gasteiger partial charge in [0.1, 0.15) is 23.9 Å². The van der Waals surface area contributed by atoms with E-state index in [0.717, 1.165) is 11.1 Å². The third-order valence-corrected chi connectivity index (χ3v) is 8.11. The Morgan fingerprint density at radius 1 is 1.00 bits per heavy atom. The maximum Gasteiger partial charge on any atom is 0.243 e. The highest BCUT2D eigenvalue weighted by molar-refractivity contribution is 7.89. The summed E-state index contributed by atoms with van der Waals surface area (Å²) in [4.78, 5) is 12.7. The lowest BCUT2D eigenvalue weighted by Crippen LogP contribution is -2.40. The van der Waals surface area contributed by atoms with Crippen molar-refractivity contribution in [2.24, 2.45) is 0 Å². The zero-order valence-corrected chi connectivity index (χ0v) is 22.0. The summed E-state index contributed by atoms with van der Waals surface area (Å²) >= 11 is 0. The van der Waals surface area contributed by atoms with E-state index < -0.39 is 10.0 Å². The summed E-state index contributed by atoms with van der Waals surface area (Å²) < 4.78 is 56.8. The molecule has 0 saturated carbocycles. The normalized spacial score (nSPS) is 14.2. The van der Waals surface area contributed by atoms with Crippen molar-refractivity contribution in [1.29, 1.82) is 0 Å². The predicted octanol–water partition coefficient (Wildman–Crippen LogP) is 3.68. The fourth-order valence-electron chi connectivity index (χ4n) is 4.03. The van der Waals surface area contributed by atoms with Gasteiger partial charge in [0, 0.05) is 26.1 Å². The van der Waals surface area contributed by atoms with E-state index in [1.165, 1.54) is 29.6 Å². The topological polar surface area (TPSA) is 94.2 Å². The monoisotopic (exact) mass is 542 g/mol. The van der Waals surface area contributed by atoms with E-state index in [1.54, 1.807) is 24.3 Å². The van der Waals surface area contributed by atoms with Crippen molar-refractivity contribution in [2.45, 2.75) is 30.9 Å². The molecule has 3 aromatic carbocycles. The van der Waals surface area contributed by atoms with Gasteiger partial charge in [-0.1, -0.05) is 24.3 Å². The standard InChI is InChI=1S/C28H31FN2O6S/c1-35-27-12-11-26(38(33,34)31-14-16-36-17-15-31)18-23(27)6-13-28(32)30-19-21-4-9-25(10-5-21)37-20-22-2-7-24(29)8-3-22/h2-5,7-12,18H,6,13-17,19-20H2,1H3,(H,30,32). The Morgan fingerprint density at radius 3 is 2.37 bits per heavy atom. The highest BCUT2D eigenvalue weighted by atomic mass is 32.2. The second-order valence-electron chi connectivity index (χ2n) is 8.83. The number of carbonyl (C=O) groups is 1. The highest BCUT2D eigenvalue weighted by Crippen LogP contribution is 2.26. The first-order valence-corrected chi connectivity index (χ1v) is 13.8. The minimum absolute atomic E-state index is 0.162. The van der Waals surface area contributed by atoms with E-state index in [0.29, 0.717) is 62.9 Å². The minimum atomic E-state index is -3.65. The molecule has 0 unspecified atom stereocenters. The number of hydrogen-bond acceptors (Lipinski definition) is 6. The van der Waals surface area contributed by atoms with E-state index in [2.05, 4.69) is 5.32 Å². The van der Waals surface area contributed by atoms with Crippen molar-refractivity contribution in [3.8, 4) is 11.5 Å². The number of halogens is 1. The summed E-state index contributed by atoms with van der Waals surface area (Å²) in [7, 11) is -2.13. The largest absolute Gasteiger partial charge is 0.496 e. The van der Waals surface area contributed by atoms with Crippen molar-refractivity contribution >= 4 is 15.9 Å². The molecule has 1 aliphatic heterocycles. The number of methoxy groups -OCH3 is 1. The van der Waals surface area contributed by atoms with Crippen molar-refractivity contribution in [2.75, 3.05) is 33.4 Å². The molecule has 1 fully saturated rings. The molecule has 3 aromatic rings. The van der Waals surface area contributed by atoms with Crippen LogP contribution < -0.4 is 14.8 Å². The Balaban J connectivity index is 1.28. The SMILES string of the molecule is COc1ccc(S(=O)(=O)N2CCOCC2)cc1CCC(=O)NCc1ccc(OCc2ccc(F)cc2)cc1. The lowest BCUT2D eigenvalue weighted by Gasteiger charge is -2.26. The fraction of sp³-hybridized carbons (Fsp3) is 0.321. The average molecular weight is 543 g/mol. The molecular weight excluding hydrogens is 511 g/mol. The number of benzene rings is 3. The first-order chi connectivity index (χ1) is 18.3. The van der Waals surface area contributed by atoms with Crippen molar-refractivity contribution in [3.05, 3.63) is 89.2 Å². The smallest absolute Gasteiger partial charge is 0.243 e. The molecule has 1 N–H and O–H groups in total. The molecule has 10 heteroatoms. The van der Waals surface area contributed by atoms with Gasteiger partial charge in [-0.25, -0.2) is 12.8 Å². The van der Waals surface area contributed by atoms with Crippen LogP contribution >= 0.6 is 0 Å². The van der Waals surface area contributed by atoms with Gasteiger partial charge in [-0.2, -0.15) is 4.31 Å². The highest BCUT2D eigenvalue weighted by Gasteiger charge is 2.27. The van der Waals surface area contributed by atoms with Crippen LogP contribution in [0.2, 0.25) is 0 Å². The van der Waals surface area contributed by atoms with Gasteiger partial charge in [-0.05, 0) is 65.6 Å². The van der Waals surface area contributed by atoms with Crippen LogP contribution in [0.4, 0.5) is 4.39 Å². The van der Waals surface area contributed by atoms with Crippen molar-refractivity contribution < 1.29 is 31.8 Å². The maximum atomic E-state index is 13.0. The molecule has 1 aliphatic rings. The van der Waals surface area contributed by atoms with Gasteiger partial charge in [-0.3, -0.25) is 4.79 Å². The number of hydrogen-bond donors (Lipinski definition) is 1. The van der Waals surface area contributed by atoms with Gasteiger partial charge in [0.2, 0.25) is 15.9 Å². The van der Waals surface area contributed by atoms with Gasteiger partial charge < -0.3 is 19.5 Å². The second kappa shape index (κ2) is 12.9. The number of morpholine rings is 1. The van der Waals surface area contributed by atoms with Crippen LogP contribution in [0.1, 0.15) is 23.1 Å². The molecule has 1 heterocycles. The molecule has 0 radical (unpaired) electrons. The quantitative estimate of drug-likeness (QED) is 0.397. The molecule has 0 bridgehead atoms. The van der Waals surface area contributed by atoms with E-state index in [4.69, 9.17) is 14.2 Å². The van der Waals surface area contributed by atoms with E-state index in [-0.39, 0.29) is 23.0 Å². The molecule has 0 aromatic heterocycles. The van der Waals surface area contributed by atoms with Crippen LogP contribution in [0, 0.1) is 5.82 Å². The lowest BCUT2D eigenvalue weighted by atomic mass is 10.1. The zero-order chi connectivity index (χ0) is 27.0. The van der Waals surface area contributed by atoms with Crippen LogP contribution in [0.25, 0.3) is 0 Å². The molecule has 1 amide bonds. The fourth-order valence-corrected chi connectivity index (χ4v) is 5.49. The number of rotatable bonds is 11. The van der Waals surface area contributed by atoms with Crippen LogP contribution in [-0.4, -0.2) is 52.0 Å². The van der Waals surface area contributed by atoms with Crippen molar-refractivity contribution in [3.63, 3.8) is 0 Å². The van der Waals surface area contributed by atoms with E-state index >= 15 is 0 Å². The van der Waals surface area contributed by atoms with Gasteiger partial charge in [0.15, 0.2) is 0 Å². The summed E-state index contributed by atoms with van der Waals surface area (Å²) in [5.41, 5.74) is 2.42. The molecule has 38 heavy (non-hydrogen) atoms. The first-order valence-electron chi connectivity index (χ1n) is 12.3. The zero-order valence-electron chi connectivity index (χ0n) is 21.2.